The first-order valence-corrected chi connectivity index (χ1v) is 8.91. The van der Waals surface area contributed by atoms with Gasteiger partial charge in [-0.25, -0.2) is 0 Å². The third kappa shape index (κ3) is 3.99. The molecule has 0 spiro atoms. The molecular formula is C15H15Br3O2. The normalized spacial score (nSPS) is 29.4. The smallest absolute Gasteiger partial charge is 0.132 e. The van der Waals surface area contributed by atoms with Gasteiger partial charge in [0, 0.05) is 11.4 Å². The van der Waals surface area contributed by atoms with Gasteiger partial charge in [0.1, 0.15) is 18.0 Å². The summed E-state index contributed by atoms with van der Waals surface area (Å²) in [6.45, 7) is 2.10. The third-order valence-corrected chi connectivity index (χ3v) is 5.03. The van der Waals surface area contributed by atoms with Gasteiger partial charge in [0.05, 0.1) is 10.6 Å². The molecule has 2 aliphatic heterocycles. The summed E-state index contributed by atoms with van der Waals surface area (Å²) in [7, 11) is 0. The van der Waals surface area contributed by atoms with Crippen molar-refractivity contribution < 1.29 is 9.47 Å². The molecule has 1 unspecified atom stereocenters. The molecule has 108 valence electrons. The monoisotopic (exact) mass is 464 g/mol. The second kappa shape index (κ2) is 7.81. The summed E-state index contributed by atoms with van der Waals surface area (Å²) in [6, 6.07) is 0. The molecule has 1 saturated heterocycles. The Labute approximate surface area is 144 Å². The molecule has 1 fully saturated rings. The van der Waals surface area contributed by atoms with E-state index in [1.807, 2.05) is 24.3 Å². The fourth-order valence-corrected chi connectivity index (χ4v) is 3.04. The Balaban J connectivity index is 2.02. The Morgan fingerprint density at radius 2 is 2.30 bits per heavy atom. The summed E-state index contributed by atoms with van der Waals surface area (Å²) >= 11 is 10.3. The van der Waals surface area contributed by atoms with Gasteiger partial charge >= 0.3 is 0 Å². The van der Waals surface area contributed by atoms with Crippen LogP contribution in [0.3, 0.4) is 0 Å². The zero-order chi connectivity index (χ0) is 14.5. The lowest BCUT2D eigenvalue weighted by molar-refractivity contribution is 0.0659. The summed E-state index contributed by atoms with van der Waals surface area (Å²) in [6.07, 6.45) is 9.85. The molecule has 20 heavy (non-hydrogen) atoms. The molecule has 0 N–H and O–H groups in total. The number of allylic oxidation sites excluding steroid dienone is 4. The maximum absolute atomic E-state index is 5.93. The van der Waals surface area contributed by atoms with Crippen LogP contribution in [0, 0.1) is 0 Å². The molecule has 0 bridgehead atoms. The van der Waals surface area contributed by atoms with Crippen molar-refractivity contribution in [1.29, 1.82) is 0 Å². The highest BCUT2D eigenvalue weighted by atomic mass is 79.9. The first-order chi connectivity index (χ1) is 9.65. The van der Waals surface area contributed by atoms with Crippen LogP contribution in [0.2, 0.25) is 0 Å². The average Bonchev–Trinajstić information content (AvgIpc) is 2.96. The van der Waals surface area contributed by atoms with Crippen molar-refractivity contribution in [1.82, 2.24) is 0 Å². The van der Waals surface area contributed by atoms with Crippen molar-refractivity contribution >= 4 is 47.8 Å². The van der Waals surface area contributed by atoms with Gasteiger partial charge in [-0.2, -0.15) is 0 Å². The van der Waals surface area contributed by atoms with Crippen LogP contribution in [0.25, 0.3) is 0 Å². The fourth-order valence-electron chi connectivity index (χ4n) is 2.10. The first kappa shape index (κ1) is 16.3. The lowest BCUT2D eigenvalue weighted by atomic mass is 10.1. The molecule has 0 aromatic rings. The number of hydrogen-bond donors (Lipinski definition) is 0. The molecule has 0 amide bonds. The van der Waals surface area contributed by atoms with Crippen LogP contribution in [0.4, 0.5) is 0 Å². The molecule has 2 nitrogen and oxygen atoms in total. The highest BCUT2D eigenvalue weighted by molar-refractivity contribution is 9.12. The number of rotatable bonds is 4. The van der Waals surface area contributed by atoms with E-state index in [4.69, 9.17) is 9.47 Å². The van der Waals surface area contributed by atoms with Gasteiger partial charge in [0.25, 0.3) is 0 Å². The topological polar surface area (TPSA) is 18.5 Å². The van der Waals surface area contributed by atoms with Gasteiger partial charge in [0.2, 0.25) is 0 Å². The van der Waals surface area contributed by atoms with E-state index in [2.05, 4.69) is 60.4 Å². The van der Waals surface area contributed by atoms with Crippen molar-refractivity contribution in [2.75, 3.05) is 0 Å². The largest absolute Gasteiger partial charge is 0.486 e. The van der Waals surface area contributed by atoms with Crippen LogP contribution in [-0.4, -0.2) is 18.3 Å². The molecule has 3 atom stereocenters. The Kier molecular flexibility index (Phi) is 6.37. The summed E-state index contributed by atoms with van der Waals surface area (Å²) in [5.41, 5.74) is 2.99. The van der Waals surface area contributed by atoms with E-state index in [0.29, 0.717) is 0 Å². The fraction of sp³-hybridized carbons (Fsp3) is 0.400. The number of fused-ring (bicyclic) bond motifs is 1. The van der Waals surface area contributed by atoms with Crippen LogP contribution >= 0.6 is 47.8 Å². The lowest BCUT2D eigenvalue weighted by Gasteiger charge is -2.07. The van der Waals surface area contributed by atoms with Gasteiger partial charge in [-0.05, 0) is 39.0 Å². The Hall–Kier alpha value is -0.0600. The zero-order valence-corrected chi connectivity index (χ0v) is 15.7. The Bertz CT molecular complexity index is 513. The lowest BCUT2D eigenvalue weighted by Crippen LogP contribution is -2.16. The van der Waals surface area contributed by atoms with Crippen LogP contribution in [0.5, 0.6) is 0 Å². The molecule has 0 aromatic heterocycles. The van der Waals surface area contributed by atoms with Crippen molar-refractivity contribution in [3.63, 3.8) is 0 Å². The summed E-state index contributed by atoms with van der Waals surface area (Å²) < 4.78 is 14.0. The maximum atomic E-state index is 5.93. The SMILES string of the molecule is CC/C(Br)=C/C=C\C1=C(Br)[C@H]2OC(C=C=CBr)C[C@H]2O1. The molecule has 5 heteroatoms. The van der Waals surface area contributed by atoms with Crippen LogP contribution < -0.4 is 0 Å². The van der Waals surface area contributed by atoms with Crippen molar-refractivity contribution in [2.24, 2.45) is 0 Å². The third-order valence-electron chi connectivity index (χ3n) is 3.09. The average molecular weight is 467 g/mol. The minimum absolute atomic E-state index is 0.00776. The van der Waals surface area contributed by atoms with Gasteiger partial charge in [-0.3, -0.25) is 0 Å². The molecule has 0 radical (unpaired) electrons. The summed E-state index contributed by atoms with van der Waals surface area (Å²) in [5.74, 6) is 0.853. The molecule has 0 saturated carbocycles. The summed E-state index contributed by atoms with van der Waals surface area (Å²) in [5, 5.41) is 0. The van der Waals surface area contributed by atoms with Gasteiger partial charge < -0.3 is 9.47 Å². The minimum atomic E-state index is -0.00776. The second-order valence-electron chi connectivity index (χ2n) is 4.47. The zero-order valence-electron chi connectivity index (χ0n) is 11.0. The number of halogens is 3. The quantitative estimate of drug-likeness (QED) is 0.404. The van der Waals surface area contributed by atoms with Crippen molar-refractivity contribution in [3.05, 3.63) is 49.7 Å². The summed E-state index contributed by atoms with van der Waals surface area (Å²) in [4.78, 5) is 1.70. The van der Waals surface area contributed by atoms with Crippen LogP contribution in [-0.2, 0) is 9.47 Å². The van der Waals surface area contributed by atoms with Gasteiger partial charge in [-0.1, -0.05) is 50.9 Å². The minimum Gasteiger partial charge on any atom is -0.486 e. The van der Waals surface area contributed by atoms with E-state index < -0.39 is 0 Å². The Morgan fingerprint density at radius 3 is 2.95 bits per heavy atom. The van der Waals surface area contributed by atoms with E-state index in [9.17, 15) is 0 Å². The standard InChI is InChI=1S/C15H15Br3O2/c1-2-10(17)5-3-7-12-14(18)15-13(20-12)9-11(19-15)6-4-8-16/h3,5-8,11,13,15H,2,9H2,1H3/b7-3-,10-5-/t4?,11?,13-,15+/m1/s1. The Morgan fingerprint density at radius 1 is 1.50 bits per heavy atom. The van der Waals surface area contributed by atoms with E-state index in [-0.39, 0.29) is 18.3 Å². The van der Waals surface area contributed by atoms with E-state index in [1.165, 1.54) is 0 Å². The highest BCUT2D eigenvalue weighted by Crippen LogP contribution is 2.40. The van der Waals surface area contributed by atoms with Crippen LogP contribution in [0.1, 0.15) is 19.8 Å². The van der Waals surface area contributed by atoms with E-state index >= 15 is 0 Å². The molecule has 0 aromatic carbocycles. The van der Waals surface area contributed by atoms with Crippen molar-refractivity contribution in [2.45, 2.75) is 38.1 Å². The first-order valence-electron chi connectivity index (χ1n) is 6.41. The molecular weight excluding hydrogens is 452 g/mol. The number of ether oxygens (including phenoxy) is 2. The molecule has 0 aliphatic carbocycles. The highest BCUT2D eigenvalue weighted by Gasteiger charge is 2.43. The predicted molar refractivity (Wildman–Crippen MR) is 92.1 cm³/mol. The van der Waals surface area contributed by atoms with E-state index in [0.717, 1.165) is 27.6 Å². The molecule has 2 aliphatic rings. The van der Waals surface area contributed by atoms with Crippen LogP contribution in [0.15, 0.2) is 49.7 Å². The van der Waals surface area contributed by atoms with Gasteiger partial charge in [0.15, 0.2) is 0 Å². The second-order valence-corrected chi connectivity index (χ2v) is 6.80. The van der Waals surface area contributed by atoms with Crippen molar-refractivity contribution in [3.8, 4) is 0 Å². The molecule has 2 rings (SSSR count). The van der Waals surface area contributed by atoms with E-state index in [1.54, 1.807) is 4.99 Å². The molecule has 2 heterocycles. The predicted octanol–water partition coefficient (Wildman–Crippen LogP) is 5.46. The van der Waals surface area contributed by atoms with Gasteiger partial charge in [-0.15, -0.1) is 5.73 Å². The maximum Gasteiger partial charge on any atom is 0.132 e. The number of hydrogen-bond acceptors (Lipinski definition) is 2.